The van der Waals surface area contributed by atoms with E-state index in [1.807, 2.05) is 53.4 Å². The minimum atomic E-state index is -0.780. The molecule has 3 aromatic carbocycles. The van der Waals surface area contributed by atoms with Gasteiger partial charge >= 0.3 is 0 Å². The molecule has 0 saturated carbocycles. The van der Waals surface area contributed by atoms with Crippen LogP contribution < -0.4 is 38.9 Å². The number of methoxy groups -OCH3 is 1. The third-order valence-corrected chi connectivity index (χ3v) is 9.53. The molecule has 4 heterocycles. The third kappa shape index (κ3) is 6.93. The molecule has 4 aliphatic heterocycles. The predicted molar refractivity (Wildman–Crippen MR) is 162 cm³/mol. The van der Waals surface area contributed by atoms with E-state index in [0.29, 0.717) is 31.5 Å². The minimum absolute atomic E-state index is 0. The number of hydrogen-bond acceptors (Lipinski definition) is 5. The van der Waals surface area contributed by atoms with Crippen molar-refractivity contribution in [2.45, 2.75) is 31.5 Å². The fourth-order valence-corrected chi connectivity index (χ4v) is 6.79. The van der Waals surface area contributed by atoms with Crippen molar-refractivity contribution in [2.24, 2.45) is 5.92 Å². The number of halogens is 2. The molecule has 3 atom stereocenters. The van der Waals surface area contributed by atoms with Gasteiger partial charge in [-0.3, -0.25) is 14.5 Å². The molecule has 2 bridgehead atoms. The summed E-state index contributed by atoms with van der Waals surface area (Å²) in [6, 6.07) is 21.2. The maximum atomic E-state index is 13.5. The molecule has 4 saturated heterocycles. The van der Waals surface area contributed by atoms with Crippen LogP contribution in [0.3, 0.4) is 0 Å². The number of fused-ring (bicyclic) bond motifs is 3. The number of nitrogens with one attached hydrogen (secondary N) is 1. The SMILES string of the molecule is COc1ccc(C2C(CCC(O)c3ccc(F)cc3)C(=O)N2c2ccc(CNC(=O)C[N+]34CCN(CC3)CC4)cc2)cc1.[I-]. The van der Waals surface area contributed by atoms with E-state index >= 15 is 0 Å². The first-order chi connectivity index (χ1) is 20.8. The topological polar surface area (TPSA) is 82.1 Å². The van der Waals surface area contributed by atoms with Gasteiger partial charge in [-0.1, -0.05) is 36.4 Å². The largest absolute Gasteiger partial charge is 1.00 e. The van der Waals surface area contributed by atoms with E-state index in [-0.39, 0.29) is 53.6 Å². The van der Waals surface area contributed by atoms with Gasteiger partial charge < -0.3 is 48.5 Å². The molecule has 0 aliphatic carbocycles. The molecule has 234 valence electrons. The van der Waals surface area contributed by atoms with Gasteiger partial charge in [0, 0.05) is 31.9 Å². The molecular weight excluding hydrogens is 674 g/mol. The first kappa shape index (κ1) is 32.3. The van der Waals surface area contributed by atoms with Crippen LogP contribution in [0.5, 0.6) is 5.75 Å². The number of aliphatic hydroxyl groups is 1. The minimum Gasteiger partial charge on any atom is -1.00 e. The zero-order valence-electron chi connectivity index (χ0n) is 25.0. The highest BCUT2D eigenvalue weighted by molar-refractivity contribution is 6.03. The molecule has 2 amide bonds. The molecule has 44 heavy (non-hydrogen) atoms. The molecule has 10 heteroatoms. The van der Waals surface area contributed by atoms with Crippen LogP contribution in [-0.4, -0.2) is 79.2 Å². The van der Waals surface area contributed by atoms with E-state index in [1.54, 1.807) is 19.2 Å². The number of hydrogen-bond donors (Lipinski definition) is 2. The van der Waals surface area contributed by atoms with E-state index in [1.165, 1.54) is 12.1 Å². The lowest BCUT2D eigenvalue weighted by molar-refractivity contribution is -0.933. The second-order valence-electron chi connectivity index (χ2n) is 12.1. The van der Waals surface area contributed by atoms with Crippen molar-refractivity contribution < 1.29 is 52.3 Å². The molecule has 4 fully saturated rings. The van der Waals surface area contributed by atoms with Gasteiger partial charge in [-0.15, -0.1) is 0 Å². The summed E-state index contributed by atoms with van der Waals surface area (Å²) in [6.07, 6.45) is 0.101. The standard InChI is InChI=1S/C34H39FN4O4.HI/c1-43-29-12-6-26(7-13-29)33-30(14-15-31(40)25-4-8-27(35)9-5-25)34(42)38(33)28-10-2-24(3-11-28)22-36-32(41)23-39-19-16-37(17-20-39)18-21-39;/h2-13,30-31,33,40H,14-23H2,1H3;1H. The molecule has 8 nitrogen and oxygen atoms in total. The van der Waals surface area contributed by atoms with Crippen LogP contribution in [0.4, 0.5) is 10.1 Å². The normalized spacial score (nSPS) is 24.7. The van der Waals surface area contributed by atoms with Crippen molar-refractivity contribution in [1.29, 1.82) is 0 Å². The smallest absolute Gasteiger partial charge is 0.275 e. The number of β-lactam (4-membered cyclic amide) rings is 1. The fourth-order valence-electron chi connectivity index (χ4n) is 6.79. The maximum absolute atomic E-state index is 13.5. The van der Waals surface area contributed by atoms with E-state index in [9.17, 15) is 19.1 Å². The van der Waals surface area contributed by atoms with Gasteiger partial charge in [-0.2, -0.15) is 0 Å². The molecule has 7 rings (SSSR count). The summed E-state index contributed by atoms with van der Waals surface area (Å²) in [5, 5.41) is 13.8. The van der Waals surface area contributed by atoms with Crippen LogP contribution in [0.2, 0.25) is 0 Å². The molecule has 4 aliphatic rings. The summed E-state index contributed by atoms with van der Waals surface area (Å²) in [6.45, 7) is 7.38. The Labute approximate surface area is 275 Å². The predicted octanol–water partition coefficient (Wildman–Crippen LogP) is 0.818. The summed E-state index contributed by atoms with van der Waals surface area (Å²) < 4.78 is 19.6. The number of anilines is 1. The molecule has 2 N–H and O–H groups in total. The first-order valence-electron chi connectivity index (χ1n) is 15.2. The van der Waals surface area contributed by atoms with Gasteiger partial charge in [-0.05, 0) is 65.9 Å². The molecule has 0 radical (unpaired) electrons. The molecule has 3 unspecified atom stereocenters. The Morgan fingerprint density at radius 1 is 1.00 bits per heavy atom. The number of amides is 2. The van der Waals surface area contributed by atoms with Crippen molar-refractivity contribution in [2.75, 3.05) is 57.8 Å². The van der Waals surface area contributed by atoms with Crippen LogP contribution in [0.1, 0.15) is 41.7 Å². The Morgan fingerprint density at radius 2 is 1.64 bits per heavy atom. The number of quaternary nitrogens is 1. The Hall–Kier alpha value is -3.06. The monoisotopic (exact) mass is 714 g/mol. The lowest BCUT2D eigenvalue weighted by atomic mass is 9.78. The van der Waals surface area contributed by atoms with E-state index < -0.39 is 6.10 Å². The lowest BCUT2D eigenvalue weighted by Gasteiger charge is -2.50. The number of rotatable bonds is 11. The van der Waals surface area contributed by atoms with Crippen LogP contribution in [-0.2, 0) is 16.1 Å². The average molecular weight is 715 g/mol. The van der Waals surface area contributed by atoms with E-state index in [4.69, 9.17) is 4.74 Å². The van der Waals surface area contributed by atoms with Crippen molar-refractivity contribution in [3.8, 4) is 5.75 Å². The summed E-state index contributed by atoms with van der Waals surface area (Å²) in [5.41, 5.74) is 3.40. The van der Waals surface area contributed by atoms with E-state index in [0.717, 1.165) is 66.3 Å². The Morgan fingerprint density at radius 3 is 2.25 bits per heavy atom. The number of piperazine rings is 3. The highest BCUT2D eigenvalue weighted by atomic mass is 127. The van der Waals surface area contributed by atoms with Gasteiger partial charge in [-0.25, -0.2) is 4.39 Å². The summed E-state index contributed by atoms with van der Waals surface area (Å²) in [7, 11) is 1.62. The average Bonchev–Trinajstić information content (AvgIpc) is 3.04. The van der Waals surface area contributed by atoms with Crippen molar-refractivity contribution in [3.63, 3.8) is 0 Å². The number of nitrogens with zero attached hydrogens (tertiary/aromatic N) is 3. The zero-order valence-corrected chi connectivity index (χ0v) is 27.2. The highest BCUT2D eigenvalue weighted by Crippen LogP contribution is 2.46. The van der Waals surface area contributed by atoms with Gasteiger partial charge in [0.05, 0.1) is 44.8 Å². The molecule has 0 aromatic heterocycles. The second kappa shape index (κ2) is 13.9. The number of ether oxygens (including phenoxy) is 1. The van der Waals surface area contributed by atoms with Crippen LogP contribution in [0.15, 0.2) is 72.8 Å². The van der Waals surface area contributed by atoms with Gasteiger partial charge in [0.25, 0.3) is 5.91 Å². The number of benzene rings is 3. The van der Waals surface area contributed by atoms with Gasteiger partial charge in [0.1, 0.15) is 11.6 Å². The molecule has 0 spiro atoms. The summed E-state index contributed by atoms with van der Waals surface area (Å²) in [5.74, 6) is 0.179. The van der Waals surface area contributed by atoms with Gasteiger partial charge in [0.2, 0.25) is 5.91 Å². The highest BCUT2D eigenvalue weighted by Gasteiger charge is 2.48. The Bertz CT molecular complexity index is 1420. The molecule has 3 aromatic rings. The maximum Gasteiger partial charge on any atom is 0.275 e. The summed E-state index contributed by atoms with van der Waals surface area (Å²) >= 11 is 0. The van der Waals surface area contributed by atoms with Gasteiger partial charge in [0.15, 0.2) is 6.54 Å². The summed E-state index contributed by atoms with van der Waals surface area (Å²) in [4.78, 5) is 30.6. The lowest BCUT2D eigenvalue weighted by Crippen LogP contribution is -3.00. The Balaban J connectivity index is 0.00000384. The zero-order chi connectivity index (χ0) is 30.0. The number of carbonyl (C=O) groups excluding carboxylic acids is 2. The number of aliphatic hydroxyl groups excluding tert-OH is 1. The quantitative estimate of drug-likeness (QED) is 0.175. The van der Waals surface area contributed by atoms with Crippen LogP contribution in [0.25, 0.3) is 0 Å². The second-order valence-corrected chi connectivity index (χ2v) is 12.1. The van der Waals surface area contributed by atoms with E-state index in [2.05, 4.69) is 10.2 Å². The first-order valence-corrected chi connectivity index (χ1v) is 15.2. The third-order valence-electron chi connectivity index (χ3n) is 9.53. The van der Waals surface area contributed by atoms with Crippen molar-refractivity contribution in [1.82, 2.24) is 10.2 Å². The Kier molecular flexibility index (Phi) is 10.2. The number of carbonyl (C=O) groups is 2. The van der Waals surface area contributed by atoms with Crippen LogP contribution >= 0.6 is 0 Å². The van der Waals surface area contributed by atoms with Crippen molar-refractivity contribution in [3.05, 3.63) is 95.3 Å². The van der Waals surface area contributed by atoms with Crippen LogP contribution in [0, 0.1) is 11.7 Å². The van der Waals surface area contributed by atoms with Crippen molar-refractivity contribution >= 4 is 17.5 Å². The fraction of sp³-hybridized carbons (Fsp3) is 0.412. The molecular formula is C34H40FIN4O4.